The maximum atomic E-state index is 11.8. The van der Waals surface area contributed by atoms with E-state index in [4.69, 9.17) is 15.2 Å². The van der Waals surface area contributed by atoms with Crippen molar-refractivity contribution >= 4 is 5.97 Å². The van der Waals surface area contributed by atoms with Gasteiger partial charge in [-0.15, -0.1) is 0 Å². The van der Waals surface area contributed by atoms with Crippen LogP contribution in [0.25, 0.3) is 0 Å². The van der Waals surface area contributed by atoms with E-state index in [-0.39, 0.29) is 12.5 Å². The maximum absolute atomic E-state index is 11.8. The van der Waals surface area contributed by atoms with E-state index in [2.05, 4.69) is 0 Å². The van der Waals surface area contributed by atoms with Crippen LogP contribution in [0.15, 0.2) is 48.5 Å². The molecule has 0 saturated carbocycles. The van der Waals surface area contributed by atoms with Crippen LogP contribution in [-0.2, 0) is 4.79 Å². The van der Waals surface area contributed by atoms with Crippen molar-refractivity contribution in [1.82, 2.24) is 0 Å². The summed E-state index contributed by atoms with van der Waals surface area (Å²) in [6, 6.07) is 14.5. The highest BCUT2D eigenvalue weighted by atomic mass is 16.5. The number of carboxylic acid groups (broad SMARTS) is 1. The molecule has 2 atom stereocenters. The van der Waals surface area contributed by atoms with Crippen molar-refractivity contribution in [2.45, 2.75) is 11.8 Å². The third kappa shape index (κ3) is 3.63. The number of aliphatic carboxylic acids is 1. The summed E-state index contributed by atoms with van der Waals surface area (Å²) in [6.07, 6.45) is 0. The van der Waals surface area contributed by atoms with Gasteiger partial charge in [-0.1, -0.05) is 36.4 Å². The Morgan fingerprint density at radius 2 is 1.70 bits per heavy atom. The molecular formula is C18H21NO4. The predicted octanol–water partition coefficient (Wildman–Crippen LogP) is 2.61. The maximum Gasteiger partial charge on any atom is 0.311 e. The van der Waals surface area contributed by atoms with Crippen molar-refractivity contribution in [3.05, 3.63) is 59.7 Å². The summed E-state index contributed by atoms with van der Waals surface area (Å²) in [5, 5.41) is 9.71. The Labute approximate surface area is 135 Å². The van der Waals surface area contributed by atoms with Crippen LogP contribution in [0.3, 0.4) is 0 Å². The van der Waals surface area contributed by atoms with E-state index in [0.717, 1.165) is 11.1 Å². The van der Waals surface area contributed by atoms with E-state index >= 15 is 0 Å². The first-order chi connectivity index (χ1) is 11.1. The Morgan fingerprint density at radius 3 is 2.22 bits per heavy atom. The molecule has 5 heteroatoms. The van der Waals surface area contributed by atoms with Crippen LogP contribution >= 0.6 is 0 Å². The number of hydrogen-bond donors (Lipinski definition) is 2. The van der Waals surface area contributed by atoms with Crippen molar-refractivity contribution in [3.63, 3.8) is 0 Å². The van der Waals surface area contributed by atoms with E-state index in [1.54, 1.807) is 26.4 Å². The fraction of sp³-hybridized carbons (Fsp3) is 0.278. The largest absolute Gasteiger partial charge is 0.493 e. The molecule has 0 heterocycles. The van der Waals surface area contributed by atoms with Crippen molar-refractivity contribution in [3.8, 4) is 11.5 Å². The zero-order valence-corrected chi connectivity index (χ0v) is 13.2. The van der Waals surface area contributed by atoms with Crippen LogP contribution < -0.4 is 15.2 Å². The van der Waals surface area contributed by atoms with E-state index in [0.29, 0.717) is 11.5 Å². The lowest BCUT2D eigenvalue weighted by atomic mass is 9.81. The van der Waals surface area contributed by atoms with Crippen LogP contribution in [0.5, 0.6) is 11.5 Å². The fourth-order valence-corrected chi connectivity index (χ4v) is 2.76. The Hall–Kier alpha value is -2.53. The van der Waals surface area contributed by atoms with E-state index < -0.39 is 11.9 Å². The SMILES string of the molecule is COc1ccc(C(CN)C(C(=O)O)c2ccccc2)cc1OC. The fourth-order valence-electron chi connectivity index (χ4n) is 2.76. The lowest BCUT2D eigenvalue weighted by molar-refractivity contribution is -0.139. The van der Waals surface area contributed by atoms with Crippen LogP contribution in [0, 0.1) is 0 Å². The number of methoxy groups -OCH3 is 2. The van der Waals surface area contributed by atoms with Gasteiger partial charge in [0.25, 0.3) is 0 Å². The molecule has 0 aliphatic heterocycles. The number of nitrogens with two attached hydrogens (primary N) is 1. The summed E-state index contributed by atoms with van der Waals surface area (Å²) in [5.41, 5.74) is 7.44. The van der Waals surface area contributed by atoms with Crippen molar-refractivity contribution in [1.29, 1.82) is 0 Å². The van der Waals surface area contributed by atoms with Gasteiger partial charge in [0.2, 0.25) is 0 Å². The molecule has 2 aromatic rings. The van der Waals surface area contributed by atoms with Gasteiger partial charge in [-0.2, -0.15) is 0 Å². The minimum absolute atomic E-state index is 0.210. The predicted molar refractivity (Wildman–Crippen MR) is 88.2 cm³/mol. The first-order valence-corrected chi connectivity index (χ1v) is 7.32. The molecule has 0 bridgehead atoms. The molecule has 23 heavy (non-hydrogen) atoms. The highest BCUT2D eigenvalue weighted by Crippen LogP contribution is 2.37. The summed E-state index contributed by atoms with van der Waals surface area (Å²) in [4.78, 5) is 11.8. The van der Waals surface area contributed by atoms with Gasteiger partial charge in [-0.25, -0.2) is 0 Å². The summed E-state index contributed by atoms with van der Waals surface area (Å²) < 4.78 is 10.5. The van der Waals surface area contributed by atoms with Crippen LogP contribution in [0.2, 0.25) is 0 Å². The van der Waals surface area contributed by atoms with Crippen molar-refractivity contribution < 1.29 is 19.4 Å². The van der Waals surface area contributed by atoms with Crippen molar-refractivity contribution in [2.24, 2.45) is 5.73 Å². The Morgan fingerprint density at radius 1 is 1.04 bits per heavy atom. The first kappa shape index (κ1) is 16.8. The summed E-state index contributed by atoms with van der Waals surface area (Å²) in [5.74, 6) is -0.838. The summed E-state index contributed by atoms with van der Waals surface area (Å²) in [7, 11) is 3.10. The Kier molecular flexibility index (Phi) is 5.60. The lowest BCUT2D eigenvalue weighted by Gasteiger charge is -2.24. The van der Waals surface area contributed by atoms with Crippen LogP contribution in [0.4, 0.5) is 0 Å². The zero-order chi connectivity index (χ0) is 16.8. The minimum atomic E-state index is -0.901. The highest BCUT2D eigenvalue weighted by molar-refractivity contribution is 5.77. The monoisotopic (exact) mass is 315 g/mol. The van der Waals surface area contributed by atoms with Gasteiger partial charge < -0.3 is 20.3 Å². The first-order valence-electron chi connectivity index (χ1n) is 7.32. The molecule has 0 amide bonds. The number of carboxylic acids is 1. The number of benzene rings is 2. The topological polar surface area (TPSA) is 81.8 Å². The van der Waals surface area contributed by atoms with E-state index in [9.17, 15) is 9.90 Å². The molecule has 0 aromatic heterocycles. The second-order valence-corrected chi connectivity index (χ2v) is 5.18. The Balaban J connectivity index is 2.46. The van der Waals surface area contributed by atoms with Gasteiger partial charge in [0.05, 0.1) is 20.1 Å². The molecule has 122 valence electrons. The van der Waals surface area contributed by atoms with Gasteiger partial charge in [-0.05, 0) is 23.3 Å². The van der Waals surface area contributed by atoms with Gasteiger partial charge >= 0.3 is 5.97 Å². The van der Waals surface area contributed by atoms with Gasteiger partial charge in [-0.3, -0.25) is 4.79 Å². The minimum Gasteiger partial charge on any atom is -0.493 e. The summed E-state index contributed by atoms with van der Waals surface area (Å²) >= 11 is 0. The van der Waals surface area contributed by atoms with Gasteiger partial charge in [0.1, 0.15) is 0 Å². The number of hydrogen-bond acceptors (Lipinski definition) is 4. The highest BCUT2D eigenvalue weighted by Gasteiger charge is 2.30. The Bertz CT molecular complexity index is 657. The number of rotatable bonds is 7. The standard InChI is InChI=1S/C18H21NO4/c1-22-15-9-8-13(10-16(15)23-2)14(11-19)17(18(20)21)12-6-4-3-5-7-12/h3-10,14,17H,11,19H2,1-2H3,(H,20,21). The van der Waals surface area contributed by atoms with E-state index in [1.807, 2.05) is 36.4 Å². The number of carbonyl (C=O) groups is 1. The van der Waals surface area contributed by atoms with Gasteiger partial charge in [0.15, 0.2) is 11.5 Å². The normalized spacial score (nSPS) is 13.2. The molecule has 0 spiro atoms. The molecule has 2 rings (SSSR count). The smallest absolute Gasteiger partial charge is 0.311 e. The van der Waals surface area contributed by atoms with Crippen LogP contribution in [-0.4, -0.2) is 31.8 Å². The number of ether oxygens (including phenoxy) is 2. The van der Waals surface area contributed by atoms with E-state index in [1.165, 1.54) is 0 Å². The lowest BCUT2D eigenvalue weighted by Crippen LogP contribution is -2.26. The molecule has 0 fully saturated rings. The molecule has 0 aliphatic rings. The van der Waals surface area contributed by atoms with Crippen LogP contribution in [0.1, 0.15) is 23.0 Å². The average Bonchev–Trinajstić information content (AvgIpc) is 2.59. The second-order valence-electron chi connectivity index (χ2n) is 5.18. The second kappa shape index (κ2) is 7.65. The molecular weight excluding hydrogens is 294 g/mol. The van der Waals surface area contributed by atoms with Gasteiger partial charge in [0, 0.05) is 12.5 Å². The molecule has 0 aliphatic carbocycles. The quantitative estimate of drug-likeness (QED) is 0.821. The molecule has 5 nitrogen and oxygen atoms in total. The average molecular weight is 315 g/mol. The third-order valence-corrected chi connectivity index (χ3v) is 3.92. The third-order valence-electron chi connectivity index (χ3n) is 3.92. The summed E-state index contributed by atoms with van der Waals surface area (Å²) in [6.45, 7) is 0.210. The molecule has 2 aromatic carbocycles. The zero-order valence-electron chi connectivity index (χ0n) is 13.2. The molecule has 0 saturated heterocycles. The molecule has 3 N–H and O–H groups in total. The van der Waals surface area contributed by atoms with Crippen molar-refractivity contribution in [2.75, 3.05) is 20.8 Å². The molecule has 0 radical (unpaired) electrons. The molecule has 2 unspecified atom stereocenters.